The van der Waals surface area contributed by atoms with E-state index in [0.717, 1.165) is 0 Å². The highest BCUT2D eigenvalue weighted by molar-refractivity contribution is 9.10. The van der Waals surface area contributed by atoms with Gasteiger partial charge in [-0.2, -0.15) is 13.2 Å². The van der Waals surface area contributed by atoms with Crippen molar-refractivity contribution in [3.8, 4) is 0 Å². The summed E-state index contributed by atoms with van der Waals surface area (Å²) < 4.78 is 37.6. The molecule has 0 saturated carbocycles. The Morgan fingerprint density at radius 2 is 2.08 bits per heavy atom. The minimum Gasteiger partial charge on any atom is -0.367 e. The third kappa shape index (κ3) is 3.59. The molecule has 6 nitrogen and oxygen atoms in total. The molecule has 0 spiro atoms. The molecule has 25 heavy (non-hydrogen) atoms. The molecule has 0 fully saturated rings. The summed E-state index contributed by atoms with van der Waals surface area (Å²) in [7, 11) is 0. The number of nitrogens with zero attached hydrogens (tertiary/aromatic N) is 2. The van der Waals surface area contributed by atoms with Gasteiger partial charge in [-0.1, -0.05) is 24.6 Å². The number of alkyl halides is 3. The van der Waals surface area contributed by atoms with Gasteiger partial charge in [0.15, 0.2) is 0 Å². The lowest BCUT2D eigenvalue weighted by atomic mass is 9.79. The fourth-order valence-corrected chi connectivity index (χ4v) is 2.76. The average molecular weight is 443 g/mol. The lowest BCUT2D eigenvalue weighted by Gasteiger charge is -2.38. The smallest absolute Gasteiger partial charge is 0.367 e. The van der Waals surface area contributed by atoms with Gasteiger partial charge in [-0.05, 0) is 40.5 Å². The maximum Gasteiger partial charge on any atom is 0.493 e. The van der Waals surface area contributed by atoms with E-state index in [1.54, 1.807) is 25.1 Å². The van der Waals surface area contributed by atoms with E-state index < -0.39 is 35.5 Å². The second-order valence-electron chi connectivity index (χ2n) is 5.48. The average Bonchev–Trinajstić information content (AvgIpc) is 2.50. The van der Waals surface area contributed by atoms with Crippen LogP contribution in [0.15, 0.2) is 27.7 Å². The fraction of sp³-hybridized carbons (Fsp3) is 0.357. The van der Waals surface area contributed by atoms with E-state index in [9.17, 15) is 22.8 Å². The number of carbonyl (C=O) groups excluding carboxylic acids is 2. The van der Waals surface area contributed by atoms with Crippen molar-refractivity contribution in [2.75, 3.05) is 0 Å². The van der Waals surface area contributed by atoms with Crippen LogP contribution in [0, 0.1) is 5.92 Å². The first-order valence-corrected chi connectivity index (χ1v) is 7.99. The third-order valence-corrected chi connectivity index (χ3v) is 5.09. The fourth-order valence-electron chi connectivity index (χ4n) is 2.26. The Labute approximate surface area is 153 Å². The predicted octanol–water partition coefficient (Wildman–Crippen LogP) is 3.13. The Bertz CT molecular complexity index is 771. The Hall–Kier alpha value is -1.81. The van der Waals surface area contributed by atoms with Crippen LogP contribution in [0.25, 0.3) is 0 Å². The molecule has 1 aliphatic heterocycles. The summed E-state index contributed by atoms with van der Waals surface area (Å²) in [5.74, 6) is -5.12. The molecule has 2 unspecified atom stereocenters. The zero-order valence-corrected chi connectivity index (χ0v) is 15.2. The molecule has 0 aromatic heterocycles. The zero-order chi connectivity index (χ0) is 19.2. The lowest BCUT2D eigenvalue weighted by molar-refractivity contribution is -0.227. The number of hydrogen-bond acceptors (Lipinski definition) is 5. The van der Waals surface area contributed by atoms with Gasteiger partial charge < -0.3 is 10.6 Å². The van der Waals surface area contributed by atoms with E-state index in [1.165, 1.54) is 6.92 Å². The van der Waals surface area contributed by atoms with Crippen molar-refractivity contribution in [3.05, 3.63) is 33.3 Å². The number of hydrogen-bond donors (Lipinski definition) is 1. The molecule has 0 aliphatic carbocycles. The Morgan fingerprint density at radius 1 is 1.48 bits per heavy atom. The van der Waals surface area contributed by atoms with Crippen molar-refractivity contribution in [1.29, 1.82) is 0 Å². The Kier molecular flexibility index (Phi) is 5.06. The summed E-state index contributed by atoms with van der Waals surface area (Å²) in [6.07, 6.45) is -5.27. The summed E-state index contributed by atoms with van der Waals surface area (Å²) >= 11 is 9.19. The summed E-state index contributed by atoms with van der Waals surface area (Å²) in [6.45, 7) is 3.02. The van der Waals surface area contributed by atoms with Crippen molar-refractivity contribution in [3.63, 3.8) is 0 Å². The number of guanidine groups is 1. The molecule has 0 saturated heterocycles. The van der Waals surface area contributed by atoms with Gasteiger partial charge in [-0.15, -0.1) is 5.06 Å². The molecular weight excluding hydrogens is 431 g/mol. The first-order chi connectivity index (χ1) is 11.4. The monoisotopic (exact) mass is 441 g/mol. The van der Waals surface area contributed by atoms with Crippen molar-refractivity contribution < 1.29 is 27.6 Å². The first kappa shape index (κ1) is 19.5. The number of carbonyl (C=O) groups is 2. The number of rotatable bonds is 2. The topological polar surface area (TPSA) is 85.0 Å². The molecule has 1 aromatic rings. The van der Waals surface area contributed by atoms with Crippen LogP contribution in [0.4, 0.5) is 13.2 Å². The molecule has 2 N–H and O–H groups in total. The second kappa shape index (κ2) is 6.49. The molecular formula is C14H12BrClF3N3O3. The number of nitrogens with two attached hydrogens (primary N) is 1. The first-order valence-electron chi connectivity index (χ1n) is 6.82. The summed E-state index contributed by atoms with van der Waals surface area (Å²) in [5.41, 5.74) is 4.94. The SMILES string of the molecule is CC1C(=O)N(OC(=O)C(F)(F)F)C(N)=NC1(C)c1ccc(Cl)c(Br)c1. The maximum atomic E-state index is 12.4. The largest absolute Gasteiger partial charge is 0.493 e. The van der Waals surface area contributed by atoms with Gasteiger partial charge >= 0.3 is 12.1 Å². The number of hydroxylamine groups is 2. The predicted molar refractivity (Wildman–Crippen MR) is 86.3 cm³/mol. The van der Waals surface area contributed by atoms with Gasteiger partial charge in [0.2, 0.25) is 5.96 Å². The molecule has 1 aliphatic rings. The lowest BCUT2D eigenvalue weighted by Crippen LogP contribution is -2.55. The highest BCUT2D eigenvalue weighted by atomic mass is 79.9. The number of halogens is 5. The van der Waals surface area contributed by atoms with Gasteiger partial charge in [0, 0.05) is 4.47 Å². The van der Waals surface area contributed by atoms with Crippen LogP contribution >= 0.6 is 27.5 Å². The normalized spacial score (nSPS) is 24.1. The molecule has 0 radical (unpaired) electrons. The summed E-state index contributed by atoms with van der Waals surface area (Å²) in [6, 6.07) is 4.82. The van der Waals surface area contributed by atoms with Crippen LogP contribution in [0.3, 0.4) is 0 Å². The van der Waals surface area contributed by atoms with Crippen LogP contribution in [0.1, 0.15) is 19.4 Å². The van der Waals surface area contributed by atoms with Crippen molar-refractivity contribution in [2.24, 2.45) is 16.6 Å². The van der Waals surface area contributed by atoms with Crippen LogP contribution in [0.5, 0.6) is 0 Å². The van der Waals surface area contributed by atoms with Gasteiger partial charge in [-0.3, -0.25) is 4.79 Å². The van der Waals surface area contributed by atoms with Gasteiger partial charge in [-0.25, -0.2) is 9.79 Å². The molecule has 0 bridgehead atoms. The van der Waals surface area contributed by atoms with E-state index in [2.05, 4.69) is 25.8 Å². The van der Waals surface area contributed by atoms with Gasteiger partial charge in [0.1, 0.15) is 0 Å². The standard InChI is InChI=1S/C14H12BrClF3N3O3/c1-6-10(23)22(25-11(24)14(17,18)19)12(20)21-13(6,2)7-3-4-9(16)8(15)5-7/h3-6H,1-2H3,(H2,20,21). The van der Waals surface area contributed by atoms with Gasteiger partial charge in [0.25, 0.3) is 5.91 Å². The van der Waals surface area contributed by atoms with Crippen LogP contribution in [0.2, 0.25) is 5.02 Å². The van der Waals surface area contributed by atoms with Crippen LogP contribution in [-0.4, -0.2) is 29.1 Å². The van der Waals surface area contributed by atoms with E-state index in [1.807, 2.05) is 0 Å². The van der Waals surface area contributed by atoms with Crippen LogP contribution < -0.4 is 5.73 Å². The Morgan fingerprint density at radius 3 is 2.60 bits per heavy atom. The minimum atomic E-state index is -5.27. The molecule has 2 atom stereocenters. The van der Waals surface area contributed by atoms with E-state index in [-0.39, 0.29) is 5.06 Å². The molecule has 11 heteroatoms. The zero-order valence-electron chi connectivity index (χ0n) is 12.9. The summed E-state index contributed by atoms with van der Waals surface area (Å²) in [4.78, 5) is 31.5. The molecule has 2 rings (SSSR count). The highest BCUT2D eigenvalue weighted by Crippen LogP contribution is 2.40. The summed E-state index contributed by atoms with van der Waals surface area (Å²) in [5, 5.41) is 0.493. The van der Waals surface area contributed by atoms with Crippen molar-refractivity contribution in [1.82, 2.24) is 5.06 Å². The third-order valence-electron chi connectivity index (χ3n) is 3.88. The van der Waals surface area contributed by atoms with E-state index in [4.69, 9.17) is 17.3 Å². The molecule has 1 amide bonds. The van der Waals surface area contributed by atoms with Crippen molar-refractivity contribution >= 4 is 45.4 Å². The van der Waals surface area contributed by atoms with Gasteiger partial charge in [0.05, 0.1) is 16.5 Å². The Balaban J connectivity index is 2.43. The molecule has 1 heterocycles. The van der Waals surface area contributed by atoms with Crippen molar-refractivity contribution in [2.45, 2.75) is 25.6 Å². The minimum absolute atomic E-state index is 0.0627. The second-order valence-corrected chi connectivity index (χ2v) is 6.74. The number of benzene rings is 1. The molecule has 136 valence electrons. The van der Waals surface area contributed by atoms with Crippen LogP contribution in [-0.2, 0) is 20.0 Å². The van der Waals surface area contributed by atoms with E-state index >= 15 is 0 Å². The highest BCUT2D eigenvalue weighted by Gasteiger charge is 2.49. The molecule has 1 aromatic carbocycles. The quantitative estimate of drug-likeness (QED) is 0.763. The van der Waals surface area contributed by atoms with E-state index in [0.29, 0.717) is 15.1 Å². The number of aliphatic imine (C=N–C) groups is 1. The maximum absolute atomic E-state index is 12.4. The number of amides is 1.